The Hall–Kier alpha value is -4.02. The normalized spacial score (nSPS) is 19.6. The van der Waals surface area contributed by atoms with E-state index < -0.39 is 10.0 Å². The zero-order chi connectivity index (χ0) is 35.0. The first-order valence-corrected chi connectivity index (χ1v) is 18.7. The highest BCUT2D eigenvalue weighted by atomic mass is 32.2. The minimum Gasteiger partial charge on any atom is -0.477 e. The number of hydrogen-bond donors (Lipinski definition) is 1. The SMILES string of the molecule is Cc1c2nc(nc1-c1ccccc1C(C)(C)C)NS(=O)(=O)c1cccc(c1)C(Cc1ccc(N3CCOCC3)cn1)[C@H](CC(C)(C)C)CO2. The summed E-state index contributed by atoms with van der Waals surface area (Å²) >= 11 is 0. The van der Waals surface area contributed by atoms with Crippen molar-refractivity contribution in [2.24, 2.45) is 11.3 Å². The summed E-state index contributed by atoms with van der Waals surface area (Å²) < 4.78 is 42.8. The number of benzene rings is 2. The van der Waals surface area contributed by atoms with Crippen molar-refractivity contribution in [1.82, 2.24) is 15.0 Å². The van der Waals surface area contributed by atoms with E-state index in [9.17, 15) is 8.42 Å². The highest BCUT2D eigenvalue weighted by molar-refractivity contribution is 7.92. The van der Waals surface area contributed by atoms with Gasteiger partial charge in [-0.05, 0) is 71.9 Å². The van der Waals surface area contributed by atoms with Crippen molar-refractivity contribution in [2.75, 3.05) is 42.5 Å². The second kappa shape index (κ2) is 13.7. The van der Waals surface area contributed by atoms with E-state index >= 15 is 0 Å². The summed E-state index contributed by atoms with van der Waals surface area (Å²) in [6, 6.07) is 19.6. The van der Waals surface area contributed by atoms with Gasteiger partial charge in [0.1, 0.15) is 0 Å². The molecular weight excluding hydrogens is 635 g/mol. The Balaban J connectivity index is 1.45. The van der Waals surface area contributed by atoms with Crippen LogP contribution < -0.4 is 14.4 Å². The minimum absolute atomic E-state index is 0.0150. The minimum atomic E-state index is -4.03. The zero-order valence-corrected chi connectivity index (χ0v) is 30.6. The molecule has 4 aromatic rings. The van der Waals surface area contributed by atoms with Crippen LogP contribution in [0.25, 0.3) is 11.3 Å². The number of fused-ring (bicyclic) bond motifs is 4. The van der Waals surface area contributed by atoms with E-state index in [0.717, 1.165) is 53.1 Å². The second-order valence-corrected chi connectivity index (χ2v) is 17.2. The van der Waals surface area contributed by atoms with Crippen LogP contribution in [0.1, 0.15) is 76.3 Å². The Labute approximate surface area is 291 Å². The van der Waals surface area contributed by atoms with Crippen molar-refractivity contribution in [3.63, 3.8) is 0 Å². The maximum atomic E-state index is 14.0. The molecule has 0 amide bonds. The predicted octanol–water partition coefficient (Wildman–Crippen LogP) is 7.55. The molecule has 2 atom stereocenters. The van der Waals surface area contributed by atoms with Crippen molar-refractivity contribution in [1.29, 1.82) is 0 Å². The number of nitrogens with zero attached hydrogens (tertiary/aromatic N) is 4. The average Bonchev–Trinajstić information content (AvgIpc) is 3.06. The molecule has 1 N–H and O–H groups in total. The number of anilines is 2. The third-order valence-corrected chi connectivity index (χ3v) is 10.7. The number of aromatic nitrogens is 3. The zero-order valence-electron chi connectivity index (χ0n) is 29.8. The highest BCUT2D eigenvalue weighted by Gasteiger charge is 2.32. The number of pyridine rings is 1. The summed E-state index contributed by atoms with van der Waals surface area (Å²) in [5, 5.41) is 0. The van der Waals surface area contributed by atoms with Gasteiger partial charge in [-0.25, -0.2) is 18.1 Å². The van der Waals surface area contributed by atoms with Gasteiger partial charge in [0.15, 0.2) is 0 Å². The Morgan fingerprint density at radius 2 is 1.69 bits per heavy atom. The van der Waals surface area contributed by atoms with E-state index in [2.05, 4.69) is 74.3 Å². The van der Waals surface area contributed by atoms with Gasteiger partial charge in [-0.2, -0.15) is 4.98 Å². The number of rotatable bonds is 5. The average molecular weight is 684 g/mol. The van der Waals surface area contributed by atoms with Gasteiger partial charge in [0, 0.05) is 35.8 Å². The van der Waals surface area contributed by atoms with Gasteiger partial charge >= 0.3 is 0 Å². The summed E-state index contributed by atoms with van der Waals surface area (Å²) in [6.07, 6.45) is 3.41. The Kier molecular flexibility index (Phi) is 9.74. The molecule has 0 aliphatic carbocycles. The molecule has 4 bridgehead atoms. The molecule has 2 aromatic carbocycles. The molecule has 4 heterocycles. The van der Waals surface area contributed by atoms with Crippen LogP contribution >= 0.6 is 0 Å². The lowest BCUT2D eigenvalue weighted by Crippen LogP contribution is -2.36. The first-order valence-electron chi connectivity index (χ1n) is 17.2. The maximum Gasteiger partial charge on any atom is 0.264 e. The molecule has 2 aliphatic heterocycles. The van der Waals surface area contributed by atoms with Gasteiger partial charge in [-0.3, -0.25) is 4.98 Å². The molecule has 10 heteroatoms. The smallest absolute Gasteiger partial charge is 0.264 e. The summed E-state index contributed by atoms with van der Waals surface area (Å²) in [5.74, 6) is 0.312. The van der Waals surface area contributed by atoms with Crippen LogP contribution in [0.4, 0.5) is 11.6 Å². The van der Waals surface area contributed by atoms with Crippen LogP contribution in [0.15, 0.2) is 71.8 Å². The van der Waals surface area contributed by atoms with Crippen LogP contribution in [0, 0.1) is 18.3 Å². The van der Waals surface area contributed by atoms with Crippen molar-refractivity contribution in [3.8, 4) is 17.1 Å². The molecule has 0 radical (unpaired) electrons. The molecule has 0 saturated carbocycles. The first kappa shape index (κ1) is 34.8. The quantitative estimate of drug-likeness (QED) is 0.230. The second-order valence-electron chi connectivity index (χ2n) is 15.6. The third-order valence-electron chi connectivity index (χ3n) is 9.41. The van der Waals surface area contributed by atoms with E-state index in [1.165, 1.54) is 0 Å². The Morgan fingerprint density at radius 3 is 2.39 bits per heavy atom. The molecule has 260 valence electrons. The summed E-state index contributed by atoms with van der Waals surface area (Å²) in [4.78, 5) is 16.8. The topological polar surface area (TPSA) is 107 Å². The van der Waals surface area contributed by atoms with Crippen LogP contribution in [0.5, 0.6) is 5.88 Å². The van der Waals surface area contributed by atoms with Crippen LogP contribution in [-0.4, -0.2) is 56.3 Å². The molecular formula is C39H49N5O4S. The lowest BCUT2D eigenvalue weighted by Gasteiger charge is -2.33. The van der Waals surface area contributed by atoms with Gasteiger partial charge in [-0.1, -0.05) is 77.9 Å². The number of hydrogen-bond acceptors (Lipinski definition) is 8. The monoisotopic (exact) mass is 683 g/mol. The molecule has 1 saturated heterocycles. The first-order chi connectivity index (χ1) is 23.2. The highest BCUT2D eigenvalue weighted by Crippen LogP contribution is 2.40. The molecule has 9 nitrogen and oxygen atoms in total. The molecule has 1 unspecified atom stereocenters. The fourth-order valence-electron chi connectivity index (χ4n) is 7.00. The summed E-state index contributed by atoms with van der Waals surface area (Å²) in [6.45, 7) is 18.6. The molecule has 0 spiro atoms. The van der Waals surface area contributed by atoms with Crippen LogP contribution in [-0.2, 0) is 26.6 Å². The van der Waals surface area contributed by atoms with Crippen molar-refractivity contribution >= 4 is 21.7 Å². The third kappa shape index (κ3) is 8.07. The Morgan fingerprint density at radius 1 is 0.939 bits per heavy atom. The van der Waals surface area contributed by atoms with Gasteiger partial charge in [0.25, 0.3) is 10.0 Å². The largest absolute Gasteiger partial charge is 0.477 e. The van der Waals surface area contributed by atoms with Crippen LogP contribution in [0.2, 0.25) is 0 Å². The van der Waals surface area contributed by atoms with E-state index in [1.54, 1.807) is 12.1 Å². The van der Waals surface area contributed by atoms with Gasteiger partial charge < -0.3 is 14.4 Å². The molecule has 2 aromatic heterocycles. The van der Waals surface area contributed by atoms with Crippen molar-refractivity contribution in [3.05, 3.63) is 89.2 Å². The maximum absolute atomic E-state index is 14.0. The predicted molar refractivity (Wildman–Crippen MR) is 195 cm³/mol. The number of nitrogens with one attached hydrogen (secondary N) is 1. The summed E-state index contributed by atoms with van der Waals surface area (Å²) in [5.41, 5.74) is 6.20. The van der Waals surface area contributed by atoms with E-state index in [0.29, 0.717) is 37.8 Å². The van der Waals surface area contributed by atoms with Gasteiger partial charge in [-0.15, -0.1) is 0 Å². The van der Waals surface area contributed by atoms with Crippen molar-refractivity contribution < 1.29 is 17.9 Å². The molecule has 2 aliphatic rings. The van der Waals surface area contributed by atoms with E-state index in [-0.39, 0.29) is 33.5 Å². The fraction of sp³-hybridized carbons (Fsp3) is 0.462. The van der Waals surface area contributed by atoms with Crippen molar-refractivity contribution in [2.45, 2.75) is 77.5 Å². The van der Waals surface area contributed by atoms with E-state index in [1.807, 2.05) is 43.5 Å². The van der Waals surface area contributed by atoms with Gasteiger partial charge in [0.05, 0.1) is 42.3 Å². The molecule has 49 heavy (non-hydrogen) atoms. The number of ether oxygens (including phenoxy) is 2. The molecule has 6 rings (SSSR count). The number of sulfonamides is 1. The molecule has 1 fully saturated rings. The lowest BCUT2D eigenvalue weighted by molar-refractivity contribution is 0.122. The Bertz CT molecular complexity index is 1890. The van der Waals surface area contributed by atoms with Crippen LogP contribution in [0.3, 0.4) is 0 Å². The lowest BCUT2D eigenvalue weighted by atomic mass is 9.74. The number of morpholine rings is 1. The van der Waals surface area contributed by atoms with Gasteiger partial charge in [0.2, 0.25) is 11.8 Å². The standard InChI is InChI=1S/C39H49N5O4S/c1-26-35(32-13-8-9-14-34(32)39(5,6)7)41-37-42-36(26)48-25-28(23-38(2,3)4)33(27-11-10-12-31(21-27)49(45,46)43-37)22-29-15-16-30(24-40-29)44-17-19-47-20-18-44/h8-16,21,24,28,33H,17-20,22-23,25H2,1-7H3,(H,41,42,43)/t28-,33?/m1/s1. The summed E-state index contributed by atoms with van der Waals surface area (Å²) in [7, 11) is -4.03. The van der Waals surface area contributed by atoms with E-state index in [4.69, 9.17) is 19.4 Å². The fourth-order valence-corrected chi connectivity index (χ4v) is 8.00.